The zero-order valence-electron chi connectivity index (χ0n) is 15.8. The quantitative estimate of drug-likeness (QED) is 0.607. The van der Waals surface area contributed by atoms with E-state index < -0.39 is 0 Å². The van der Waals surface area contributed by atoms with Crippen LogP contribution >= 0.6 is 23.5 Å². The summed E-state index contributed by atoms with van der Waals surface area (Å²) in [6.45, 7) is 2.95. The molecule has 0 N–H and O–H groups in total. The number of hydrogen-bond acceptors (Lipinski definition) is 6. The SMILES string of the molecule is C[C@H]1CCN(C(=O)CSc2nnc(-c3cccnc3)n2C)c2ccccc2S1. The predicted molar refractivity (Wildman–Crippen MR) is 114 cm³/mol. The van der Waals surface area contributed by atoms with Crippen LogP contribution in [-0.2, 0) is 11.8 Å². The molecule has 2 aromatic heterocycles. The van der Waals surface area contributed by atoms with Crippen LogP contribution in [0.15, 0.2) is 58.8 Å². The molecule has 1 aliphatic heterocycles. The van der Waals surface area contributed by atoms with Gasteiger partial charge in [0, 0.05) is 41.7 Å². The first-order valence-corrected chi connectivity index (χ1v) is 11.0. The van der Waals surface area contributed by atoms with Crippen molar-refractivity contribution in [1.82, 2.24) is 19.7 Å². The van der Waals surface area contributed by atoms with Gasteiger partial charge in [-0.05, 0) is 30.7 Å². The minimum atomic E-state index is 0.0954. The number of anilines is 1. The molecule has 0 unspecified atom stereocenters. The Hall–Kier alpha value is -2.32. The molecule has 0 aliphatic carbocycles. The standard InChI is InChI=1S/C20H21N5OS2/c1-14-9-11-25(16-7-3-4-8-17(16)28-14)18(26)13-27-20-23-22-19(24(20)2)15-6-5-10-21-12-15/h3-8,10,12,14H,9,11,13H2,1-2H3/t14-/m0/s1. The third-order valence-electron chi connectivity index (χ3n) is 4.62. The molecule has 1 aliphatic rings. The van der Waals surface area contributed by atoms with Gasteiger partial charge >= 0.3 is 0 Å². The Morgan fingerprint density at radius 2 is 2.11 bits per heavy atom. The zero-order chi connectivity index (χ0) is 19.5. The lowest BCUT2D eigenvalue weighted by atomic mass is 10.2. The van der Waals surface area contributed by atoms with Crippen LogP contribution in [0.3, 0.4) is 0 Å². The number of pyridine rings is 1. The second kappa shape index (κ2) is 8.36. The molecule has 3 heterocycles. The molecule has 6 nitrogen and oxygen atoms in total. The van der Waals surface area contributed by atoms with Crippen LogP contribution in [0.2, 0.25) is 0 Å². The second-order valence-electron chi connectivity index (χ2n) is 6.63. The third-order valence-corrected chi connectivity index (χ3v) is 6.87. The molecule has 8 heteroatoms. The molecule has 0 spiro atoms. The Morgan fingerprint density at radius 3 is 2.93 bits per heavy atom. The largest absolute Gasteiger partial charge is 0.311 e. The first-order chi connectivity index (χ1) is 13.6. The number of hydrogen-bond donors (Lipinski definition) is 0. The lowest BCUT2D eigenvalue weighted by Crippen LogP contribution is -2.33. The van der Waals surface area contributed by atoms with Crippen molar-refractivity contribution in [3.63, 3.8) is 0 Å². The Bertz CT molecular complexity index is 976. The number of carbonyl (C=O) groups excluding carboxylic acids is 1. The summed E-state index contributed by atoms with van der Waals surface area (Å²) in [7, 11) is 1.91. The van der Waals surface area contributed by atoms with Gasteiger partial charge in [0.05, 0.1) is 11.4 Å². The summed E-state index contributed by atoms with van der Waals surface area (Å²) in [6, 6.07) is 12.0. The van der Waals surface area contributed by atoms with E-state index in [4.69, 9.17) is 0 Å². The van der Waals surface area contributed by atoms with Crippen LogP contribution in [-0.4, -0.2) is 43.2 Å². The minimum absolute atomic E-state index is 0.0954. The number of rotatable bonds is 4. The molecule has 4 rings (SSSR count). The van der Waals surface area contributed by atoms with E-state index in [0.29, 0.717) is 11.0 Å². The highest BCUT2D eigenvalue weighted by molar-refractivity contribution is 8.00. The molecule has 3 aromatic rings. The van der Waals surface area contributed by atoms with Gasteiger partial charge in [-0.3, -0.25) is 9.78 Å². The monoisotopic (exact) mass is 411 g/mol. The average Bonchev–Trinajstić information content (AvgIpc) is 2.99. The van der Waals surface area contributed by atoms with E-state index in [1.165, 1.54) is 16.7 Å². The van der Waals surface area contributed by atoms with Crippen molar-refractivity contribution < 1.29 is 4.79 Å². The highest BCUT2D eigenvalue weighted by Crippen LogP contribution is 2.37. The molecule has 0 fully saturated rings. The summed E-state index contributed by atoms with van der Waals surface area (Å²) in [6.07, 6.45) is 4.47. The molecule has 1 aromatic carbocycles. The highest BCUT2D eigenvalue weighted by atomic mass is 32.2. The highest BCUT2D eigenvalue weighted by Gasteiger charge is 2.24. The molecule has 0 bridgehead atoms. The number of amides is 1. The summed E-state index contributed by atoms with van der Waals surface area (Å²) in [5, 5.41) is 9.73. The first-order valence-electron chi connectivity index (χ1n) is 9.12. The van der Waals surface area contributed by atoms with Crippen molar-refractivity contribution in [2.45, 2.75) is 28.6 Å². The number of nitrogens with zero attached hydrogens (tertiary/aromatic N) is 5. The topological polar surface area (TPSA) is 63.9 Å². The Kier molecular flexibility index (Phi) is 5.68. The van der Waals surface area contributed by atoms with E-state index in [-0.39, 0.29) is 5.91 Å². The molecule has 1 atom stereocenters. The number of benzene rings is 1. The molecule has 0 saturated carbocycles. The molecular formula is C20H21N5OS2. The van der Waals surface area contributed by atoms with E-state index in [2.05, 4.69) is 28.2 Å². The fourth-order valence-electron chi connectivity index (χ4n) is 3.14. The first kappa shape index (κ1) is 19.0. The van der Waals surface area contributed by atoms with Crippen molar-refractivity contribution >= 4 is 35.1 Å². The second-order valence-corrected chi connectivity index (χ2v) is 9.05. The number of thioether (sulfide) groups is 2. The lowest BCUT2D eigenvalue weighted by Gasteiger charge is -2.22. The van der Waals surface area contributed by atoms with Crippen molar-refractivity contribution in [3.8, 4) is 11.4 Å². The van der Waals surface area contributed by atoms with Gasteiger partial charge in [-0.15, -0.1) is 22.0 Å². The molecule has 0 saturated heterocycles. The van der Waals surface area contributed by atoms with Crippen molar-refractivity contribution in [2.24, 2.45) is 7.05 Å². The van der Waals surface area contributed by atoms with E-state index in [0.717, 1.165) is 35.2 Å². The maximum atomic E-state index is 13.0. The van der Waals surface area contributed by atoms with Crippen molar-refractivity contribution in [1.29, 1.82) is 0 Å². The Balaban J connectivity index is 1.49. The molecular weight excluding hydrogens is 390 g/mol. The Morgan fingerprint density at radius 1 is 1.25 bits per heavy atom. The predicted octanol–water partition coefficient (Wildman–Crippen LogP) is 3.89. The van der Waals surface area contributed by atoms with E-state index in [9.17, 15) is 4.79 Å². The van der Waals surface area contributed by atoms with Gasteiger partial charge in [0.15, 0.2) is 11.0 Å². The van der Waals surface area contributed by atoms with Gasteiger partial charge in [-0.1, -0.05) is 30.8 Å². The van der Waals surface area contributed by atoms with Crippen LogP contribution in [0.1, 0.15) is 13.3 Å². The number of carbonyl (C=O) groups is 1. The number of para-hydroxylation sites is 1. The van der Waals surface area contributed by atoms with Crippen LogP contribution in [0.4, 0.5) is 5.69 Å². The van der Waals surface area contributed by atoms with Gasteiger partial charge in [-0.25, -0.2) is 0 Å². The summed E-state index contributed by atoms with van der Waals surface area (Å²) >= 11 is 3.26. The van der Waals surface area contributed by atoms with Crippen LogP contribution in [0.5, 0.6) is 0 Å². The fraction of sp³-hybridized carbons (Fsp3) is 0.300. The van der Waals surface area contributed by atoms with Crippen molar-refractivity contribution in [2.75, 3.05) is 17.2 Å². The van der Waals surface area contributed by atoms with E-state index in [1.54, 1.807) is 12.4 Å². The maximum absolute atomic E-state index is 13.0. The van der Waals surface area contributed by atoms with Gasteiger partial charge < -0.3 is 9.47 Å². The van der Waals surface area contributed by atoms with Gasteiger partial charge in [0.1, 0.15) is 0 Å². The molecule has 1 amide bonds. The van der Waals surface area contributed by atoms with E-state index in [1.807, 2.05) is 58.6 Å². The summed E-state index contributed by atoms with van der Waals surface area (Å²) < 4.78 is 1.91. The van der Waals surface area contributed by atoms with Gasteiger partial charge in [-0.2, -0.15) is 0 Å². The number of fused-ring (bicyclic) bond motifs is 1. The summed E-state index contributed by atoms with van der Waals surface area (Å²) in [5.41, 5.74) is 1.92. The minimum Gasteiger partial charge on any atom is -0.311 e. The summed E-state index contributed by atoms with van der Waals surface area (Å²) in [4.78, 5) is 20.2. The molecule has 0 radical (unpaired) electrons. The normalized spacial score (nSPS) is 16.5. The fourth-order valence-corrected chi connectivity index (χ4v) is 5.04. The van der Waals surface area contributed by atoms with Gasteiger partial charge in [0.25, 0.3) is 0 Å². The average molecular weight is 412 g/mol. The van der Waals surface area contributed by atoms with Gasteiger partial charge in [0.2, 0.25) is 5.91 Å². The van der Waals surface area contributed by atoms with Crippen LogP contribution < -0.4 is 4.90 Å². The maximum Gasteiger partial charge on any atom is 0.237 e. The smallest absolute Gasteiger partial charge is 0.237 e. The molecule has 144 valence electrons. The van der Waals surface area contributed by atoms with Crippen LogP contribution in [0.25, 0.3) is 11.4 Å². The zero-order valence-corrected chi connectivity index (χ0v) is 17.4. The third kappa shape index (κ3) is 3.93. The van der Waals surface area contributed by atoms with Crippen LogP contribution in [0, 0.1) is 0 Å². The number of aromatic nitrogens is 4. The summed E-state index contributed by atoms with van der Waals surface area (Å²) in [5.74, 6) is 1.17. The van der Waals surface area contributed by atoms with Crippen molar-refractivity contribution in [3.05, 3.63) is 48.8 Å². The molecule has 28 heavy (non-hydrogen) atoms. The lowest BCUT2D eigenvalue weighted by molar-refractivity contribution is -0.116. The van der Waals surface area contributed by atoms with E-state index >= 15 is 0 Å². The Labute approximate surface area is 172 Å².